The van der Waals surface area contributed by atoms with Gasteiger partial charge in [-0.05, 0) is 51.0 Å². The second-order valence-corrected chi connectivity index (χ2v) is 6.44. The van der Waals surface area contributed by atoms with Crippen molar-refractivity contribution in [2.75, 3.05) is 32.7 Å². The van der Waals surface area contributed by atoms with Gasteiger partial charge in [-0.1, -0.05) is 6.92 Å². The Labute approximate surface area is 116 Å². The number of aliphatic hydroxyl groups is 1. The first-order chi connectivity index (χ1) is 9.06. The van der Waals surface area contributed by atoms with Crippen molar-refractivity contribution in [3.05, 3.63) is 0 Å². The van der Waals surface area contributed by atoms with Crippen molar-refractivity contribution in [3.63, 3.8) is 0 Å². The fourth-order valence-corrected chi connectivity index (χ4v) is 3.18. The van der Waals surface area contributed by atoms with Crippen molar-refractivity contribution in [1.29, 1.82) is 0 Å². The van der Waals surface area contributed by atoms with E-state index in [0.717, 1.165) is 57.8 Å². The molecule has 0 aromatic heterocycles. The summed E-state index contributed by atoms with van der Waals surface area (Å²) in [4.78, 5) is 16.5. The molecular weight excluding hydrogens is 240 g/mol. The van der Waals surface area contributed by atoms with Crippen LogP contribution in [-0.4, -0.2) is 59.6 Å². The Bertz CT molecular complexity index is 299. The van der Waals surface area contributed by atoms with Crippen LogP contribution in [0, 0.1) is 11.8 Å². The number of hydrogen-bond donors (Lipinski definition) is 1. The highest BCUT2D eigenvalue weighted by Crippen LogP contribution is 2.20. The highest BCUT2D eigenvalue weighted by Gasteiger charge is 2.27. The molecule has 2 atom stereocenters. The first-order valence-corrected chi connectivity index (χ1v) is 7.74. The normalized spacial score (nSPS) is 28.4. The number of amides is 1. The molecule has 0 aliphatic carbocycles. The molecule has 19 heavy (non-hydrogen) atoms. The number of rotatable bonds is 3. The lowest BCUT2D eigenvalue weighted by atomic mass is 9.93. The van der Waals surface area contributed by atoms with Crippen LogP contribution in [0.25, 0.3) is 0 Å². The molecule has 2 aliphatic rings. The second kappa shape index (κ2) is 6.71. The van der Waals surface area contributed by atoms with Gasteiger partial charge in [0.1, 0.15) is 0 Å². The molecule has 2 fully saturated rings. The van der Waals surface area contributed by atoms with Gasteiger partial charge in [-0.15, -0.1) is 0 Å². The van der Waals surface area contributed by atoms with E-state index in [0.29, 0.717) is 12.5 Å². The third kappa shape index (κ3) is 4.18. The molecule has 1 N–H and O–H groups in total. The Balaban J connectivity index is 1.78. The van der Waals surface area contributed by atoms with Crippen LogP contribution >= 0.6 is 0 Å². The van der Waals surface area contributed by atoms with E-state index < -0.39 is 0 Å². The molecule has 0 radical (unpaired) electrons. The first kappa shape index (κ1) is 14.8. The van der Waals surface area contributed by atoms with Gasteiger partial charge in [0.25, 0.3) is 0 Å². The molecular formula is C15H28N2O2. The molecule has 110 valence electrons. The predicted molar refractivity (Wildman–Crippen MR) is 75.8 cm³/mol. The molecule has 0 aromatic rings. The number of carbonyl (C=O) groups is 1. The molecule has 2 unspecified atom stereocenters. The molecule has 0 aromatic carbocycles. The van der Waals surface area contributed by atoms with Gasteiger partial charge in [-0.25, -0.2) is 0 Å². The van der Waals surface area contributed by atoms with E-state index in [1.165, 1.54) is 0 Å². The van der Waals surface area contributed by atoms with Crippen molar-refractivity contribution in [3.8, 4) is 0 Å². The van der Waals surface area contributed by atoms with Crippen molar-refractivity contribution in [1.82, 2.24) is 9.80 Å². The maximum absolute atomic E-state index is 12.3. The lowest BCUT2D eigenvalue weighted by Crippen LogP contribution is -2.47. The van der Waals surface area contributed by atoms with Gasteiger partial charge in [0.2, 0.25) is 5.91 Å². The number of aliphatic hydroxyl groups excluding tert-OH is 1. The number of nitrogens with zero attached hydrogens (tertiary/aromatic N) is 2. The molecule has 4 nitrogen and oxygen atoms in total. The zero-order valence-electron chi connectivity index (χ0n) is 12.3. The summed E-state index contributed by atoms with van der Waals surface area (Å²) in [7, 11) is 0. The Kier molecular flexibility index (Phi) is 5.22. The van der Waals surface area contributed by atoms with Gasteiger partial charge in [0, 0.05) is 19.6 Å². The van der Waals surface area contributed by atoms with Crippen LogP contribution < -0.4 is 0 Å². The number of carbonyl (C=O) groups excluding carboxylic acids is 1. The average Bonchev–Trinajstić information content (AvgIpc) is 2.39. The highest BCUT2D eigenvalue weighted by molar-refractivity contribution is 5.78. The van der Waals surface area contributed by atoms with E-state index in [2.05, 4.69) is 11.8 Å². The van der Waals surface area contributed by atoms with Crippen LogP contribution in [0.1, 0.15) is 39.5 Å². The second-order valence-electron chi connectivity index (χ2n) is 6.44. The van der Waals surface area contributed by atoms with E-state index in [4.69, 9.17) is 0 Å². The molecule has 2 saturated heterocycles. The van der Waals surface area contributed by atoms with Gasteiger partial charge in [0.15, 0.2) is 0 Å². The molecule has 0 saturated carbocycles. The molecule has 0 spiro atoms. The third-order valence-corrected chi connectivity index (χ3v) is 4.72. The lowest BCUT2D eigenvalue weighted by molar-refractivity contribution is -0.134. The summed E-state index contributed by atoms with van der Waals surface area (Å²) < 4.78 is 0. The van der Waals surface area contributed by atoms with Crippen molar-refractivity contribution in [2.45, 2.75) is 45.6 Å². The standard InChI is InChI=1S/C15H28N2O2/c1-12-5-8-17(9-6-12)15(19)11-16-7-3-4-14(10-16)13(2)18/h12-14,18H,3-11H2,1-2H3. The Hall–Kier alpha value is -0.610. The summed E-state index contributed by atoms with van der Waals surface area (Å²) in [6.07, 6.45) is 4.21. The lowest BCUT2D eigenvalue weighted by Gasteiger charge is -2.36. The zero-order chi connectivity index (χ0) is 13.8. The van der Waals surface area contributed by atoms with E-state index in [1.54, 1.807) is 0 Å². The molecule has 2 aliphatic heterocycles. The van der Waals surface area contributed by atoms with Crippen LogP contribution in [0.15, 0.2) is 0 Å². The van der Waals surface area contributed by atoms with Crippen LogP contribution in [0.4, 0.5) is 0 Å². The summed E-state index contributed by atoms with van der Waals surface area (Å²) in [5, 5.41) is 9.68. The molecule has 2 heterocycles. The quantitative estimate of drug-likeness (QED) is 0.840. The summed E-state index contributed by atoms with van der Waals surface area (Å²) >= 11 is 0. The van der Waals surface area contributed by atoms with E-state index in [-0.39, 0.29) is 12.0 Å². The van der Waals surface area contributed by atoms with Gasteiger partial charge in [0.05, 0.1) is 12.6 Å². The maximum Gasteiger partial charge on any atom is 0.236 e. The first-order valence-electron chi connectivity index (χ1n) is 7.74. The number of hydrogen-bond acceptors (Lipinski definition) is 3. The van der Waals surface area contributed by atoms with E-state index >= 15 is 0 Å². The smallest absolute Gasteiger partial charge is 0.236 e. The van der Waals surface area contributed by atoms with Crippen LogP contribution in [0.5, 0.6) is 0 Å². The van der Waals surface area contributed by atoms with Crippen LogP contribution in [0.2, 0.25) is 0 Å². The minimum Gasteiger partial charge on any atom is -0.393 e. The van der Waals surface area contributed by atoms with Crippen molar-refractivity contribution in [2.24, 2.45) is 11.8 Å². The SMILES string of the molecule is CC1CCN(C(=O)CN2CCCC(C(C)O)C2)CC1. The van der Waals surface area contributed by atoms with Gasteiger partial charge in [-0.3, -0.25) is 9.69 Å². The zero-order valence-corrected chi connectivity index (χ0v) is 12.3. The number of likely N-dealkylation sites (tertiary alicyclic amines) is 2. The van der Waals surface area contributed by atoms with E-state index in [1.807, 2.05) is 11.8 Å². The third-order valence-electron chi connectivity index (χ3n) is 4.72. The fourth-order valence-electron chi connectivity index (χ4n) is 3.18. The van der Waals surface area contributed by atoms with Crippen molar-refractivity contribution >= 4 is 5.91 Å². The summed E-state index contributed by atoms with van der Waals surface area (Å²) in [5.74, 6) is 1.37. The van der Waals surface area contributed by atoms with E-state index in [9.17, 15) is 9.90 Å². The van der Waals surface area contributed by atoms with Gasteiger partial charge >= 0.3 is 0 Å². The molecule has 1 amide bonds. The monoisotopic (exact) mass is 268 g/mol. The molecule has 0 bridgehead atoms. The van der Waals surface area contributed by atoms with Crippen LogP contribution in [-0.2, 0) is 4.79 Å². The maximum atomic E-state index is 12.3. The number of piperidine rings is 2. The summed E-state index contributed by atoms with van der Waals surface area (Å²) in [6.45, 7) is 8.38. The predicted octanol–water partition coefficient (Wildman–Crippen LogP) is 1.34. The summed E-state index contributed by atoms with van der Waals surface area (Å²) in [6, 6.07) is 0. The average molecular weight is 268 g/mol. The molecule has 2 rings (SSSR count). The van der Waals surface area contributed by atoms with Crippen LogP contribution in [0.3, 0.4) is 0 Å². The van der Waals surface area contributed by atoms with Crippen molar-refractivity contribution < 1.29 is 9.90 Å². The fraction of sp³-hybridized carbons (Fsp3) is 0.933. The highest BCUT2D eigenvalue weighted by atomic mass is 16.3. The Morgan fingerprint density at radius 2 is 1.95 bits per heavy atom. The summed E-state index contributed by atoms with van der Waals surface area (Å²) in [5.41, 5.74) is 0. The minimum atomic E-state index is -0.256. The van der Waals surface area contributed by atoms with Gasteiger partial charge < -0.3 is 10.0 Å². The van der Waals surface area contributed by atoms with Gasteiger partial charge in [-0.2, -0.15) is 0 Å². The molecule has 4 heteroatoms. The topological polar surface area (TPSA) is 43.8 Å². The largest absolute Gasteiger partial charge is 0.393 e. The minimum absolute atomic E-state index is 0.256. The Morgan fingerprint density at radius 1 is 1.26 bits per heavy atom. The Morgan fingerprint density at radius 3 is 2.58 bits per heavy atom.